The lowest BCUT2D eigenvalue weighted by atomic mass is 9.75. The van der Waals surface area contributed by atoms with Crippen LogP contribution in [0.1, 0.15) is 54.6 Å². The molecular weight excluding hydrogens is 372 g/mol. The molecule has 1 aromatic carbocycles. The maximum atomic E-state index is 13.3. The molecule has 0 unspecified atom stereocenters. The Kier molecular flexibility index (Phi) is 5.56. The first-order chi connectivity index (χ1) is 13.2. The van der Waals surface area contributed by atoms with Crippen LogP contribution in [0.3, 0.4) is 0 Å². The lowest BCUT2D eigenvalue weighted by molar-refractivity contribution is 0.0958. The highest BCUT2D eigenvalue weighted by atomic mass is 32.1. The summed E-state index contributed by atoms with van der Waals surface area (Å²) in [6.07, 6.45) is 1.47. The molecule has 28 heavy (non-hydrogen) atoms. The number of nitrogens with zero attached hydrogens (tertiary/aromatic N) is 2. The van der Waals surface area contributed by atoms with Crippen LogP contribution in [-0.2, 0) is 6.42 Å². The Bertz CT molecular complexity index is 931. The summed E-state index contributed by atoms with van der Waals surface area (Å²) in [5, 5.41) is 4.50. The van der Waals surface area contributed by atoms with Gasteiger partial charge in [-0.05, 0) is 50.0 Å². The molecule has 1 aliphatic rings. The number of furan rings is 1. The van der Waals surface area contributed by atoms with E-state index in [1.807, 2.05) is 44.2 Å². The highest BCUT2D eigenvalue weighted by Gasteiger charge is 2.37. The van der Waals surface area contributed by atoms with E-state index >= 15 is 0 Å². The number of anilines is 1. The fourth-order valence-corrected chi connectivity index (χ4v) is 3.76. The largest absolute Gasteiger partial charge is 0.455 e. The monoisotopic (exact) mass is 398 g/mol. The number of para-hydroxylation sites is 1. The Balaban J connectivity index is 2.04. The third-order valence-corrected chi connectivity index (χ3v) is 5.01. The van der Waals surface area contributed by atoms with Crippen molar-refractivity contribution in [2.24, 2.45) is 16.3 Å². The molecule has 0 saturated heterocycles. The molecule has 0 bridgehead atoms. The van der Waals surface area contributed by atoms with Crippen LogP contribution in [0.25, 0.3) is 0 Å². The summed E-state index contributed by atoms with van der Waals surface area (Å²) in [7, 11) is 0. The molecule has 1 aliphatic carbocycles. The SMILES string of the molecule is CCN(C(=O)c1oc2c(c1C)/C(=N\NC(N)=S)CC(C)(C)C2)c1ccccc1. The minimum Gasteiger partial charge on any atom is -0.455 e. The molecule has 7 heteroatoms. The van der Waals surface area contributed by atoms with Crippen LogP contribution < -0.4 is 16.1 Å². The summed E-state index contributed by atoms with van der Waals surface area (Å²) in [6, 6.07) is 9.60. The van der Waals surface area contributed by atoms with Gasteiger partial charge in [0.05, 0.1) is 5.71 Å². The van der Waals surface area contributed by atoms with Crippen molar-refractivity contribution in [3.63, 3.8) is 0 Å². The van der Waals surface area contributed by atoms with Crippen LogP contribution in [0.4, 0.5) is 5.69 Å². The molecule has 3 N–H and O–H groups in total. The van der Waals surface area contributed by atoms with Gasteiger partial charge in [0, 0.05) is 29.8 Å². The van der Waals surface area contributed by atoms with E-state index in [4.69, 9.17) is 22.4 Å². The van der Waals surface area contributed by atoms with Gasteiger partial charge in [-0.15, -0.1) is 0 Å². The Morgan fingerprint density at radius 1 is 1.32 bits per heavy atom. The van der Waals surface area contributed by atoms with E-state index in [9.17, 15) is 4.79 Å². The standard InChI is InChI=1S/C21H26N4O2S/c1-5-25(14-9-7-6-8-10-14)19(26)18-13(2)17-15(23-24-20(22)28)11-21(3,4)12-16(17)27-18/h6-10H,5,11-12H2,1-4H3,(H3,22,24,28)/b23-15-. The molecule has 1 amide bonds. The maximum Gasteiger partial charge on any atom is 0.294 e. The first-order valence-electron chi connectivity index (χ1n) is 9.35. The third-order valence-electron chi connectivity index (χ3n) is 4.92. The zero-order chi connectivity index (χ0) is 20.5. The van der Waals surface area contributed by atoms with E-state index in [0.717, 1.165) is 41.1 Å². The van der Waals surface area contributed by atoms with E-state index in [1.54, 1.807) is 4.90 Å². The van der Waals surface area contributed by atoms with Gasteiger partial charge < -0.3 is 15.1 Å². The molecule has 0 fully saturated rings. The van der Waals surface area contributed by atoms with Crippen molar-refractivity contribution in [3.8, 4) is 0 Å². The molecule has 1 aromatic heterocycles. The number of amides is 1. The minimum absolute atomic E-state index is 0.0434. The average molecular weight is 399 g/mol. The third kappa shape index (κ3) is 3.94. The minimum atomic E-state index is -0.153. The molecule has 2 aromatic rings. The molecule has 0 atom stereocenters. The predicted octanol–water partition coefficient (Wildman–Crippen LogP) is 3.76. The summed E-state index contributed by atoms with van der Waals surface area (Å²) >= 11 is 4.88. The molecule has 3 rings (SSSR count). The van der Waals surface area contributed by atoms with Crippen LogP contribution in [0.2, 0.25) is 0 Å². The first kappa shape index (κ1) is 20.1. The topological polar surface area (TPSA) is 83.9 Å². The second-order valence-corrected chi connectivity index (χ2v) is 8.23. The number of nitrogens with two attached hydrogens (primary N) is 1. The second kappa shape index (κ2) is 7.75. The number of thiocarbonyl (C=S) groups is 1. The van der Waals surface area contributed by atoms with Crippen LogP contribution in [0, 0.1) is 12.3 Å². The summed E-state index contributed by atoms with van der Waals surface area (Å²) in [6.45, 7) is 8.69. The normalized spacial score (nSPS) is 16.5. The van der Waals surface area contributed by atoms with Gasteiger partial charge in [0.25, 0.3) is 5.91 Å². The van der Waals surface area contributed by atoms with Gasteiger partial charge >= 0.3 is 0 Å². The van der Waals surface area contributed by atoms with E-state index < -0.39 is 0 Å². The van der Waals surface area contributed by atoms with Gasteiger partial charge in [-0.25, -0.2) is 0 Å². The predicted molar refractivity (Wildman–Crippen MR) is 116 cm³/mol. The smallest absolute Gasteiger partial charge is 0.294 e. The van der Waals surface area contributed by atoms with E-state index in [-0.39, 0.29) is 16.4 Å². The fraction of sp³-hybridized carbons (Fsp3) is 0.381. The Morgan fingerprint density at radius 3 is 2.61 bits per heavy atom. The quantitative estimate of drug-likeness (QED) is 0.605. The number of rotatable bonds is 4. The number of hydrogen-bond donors (Lipinski definition) is 2. The number of nitrogens with one attached hydrogen (secondary N) is 1. The van der Waals surface area contributed by atoms with E-state index in [2.05, 4.69) is 24.4 Å². The van der Waals surface area contributed by atoms with Gasteiger partial charge in [0.2, 0.25) is 0 Å². The Hall–Kier alpha value is -2.67. The lowest BCUT2D eigenvalue weighted by Crippen LogP contribution is -2.31. The van der Waals surface area contributed by atoms with Crippen LogP contribution in [-0.4, -0.2) is 23.3 Å². The van der Waals surface area contributed by atoms with Crippen molar-refractivity contribution in [1.29, 1.82) is 0 Å². The summed E-state index contributed by atoms with van der Waals surface area (Å²) in [5.41, 5.74) is 11.5. The van der Waals surface area contributed by atoms with Gasteiger partial charge in [-0.2, -0.15) is 5.10 Å². The van der Waals surface area contributed by atoms with Crippen molar-refractivity contribution in [1.82, 2.24) is 5.43 Å². The summed E-state index contributed by atoms with van der Waals surface area (Å²) in [4.78, 5) is 15.0. The number of fused-ring (bicyclic) bond motifs is 1. The highest BCUT2D eigenvalue weighted by molar-refractivity contribution is 7.80. The van der Waals surface area contributed by atoms with Crippen LogP contribution in [0.5, 0.6) is 0 Å². The number of benzene rings is 1. The fourth-order valence-electron chi connectivity index (χ4n) is 3.71. The molecule has 1 heterocycles. The maximum absolute atomic E-state index is 13.3. The van der Waals surface area contributed by atoms with E-state index in [1.165, 1.54) is 0 Å². The summed E-state index contributed by atoms with van der Waals surface area (Å²) in [5.74, 6) is 0.987. The Labute approximate surface area is 170 Å². The summed E-state index contributed by atoms with van der Waals surface area (Å²) < 4.78 is 6.11. The highest BCUT2D eigenvalue weighted by Crippen LogP contribution is 2.39. The van der Waals surface area contributed by atoms with Crippen molar-refractivity contribution in [2.75, 3.05) is 11.4 Å². The Morgan fingerprint density at radius 2 is 2.00 bits per heavy atom. The zero-order valence-corrected chi connectivity index (χ0v) is 17.5. The molecule has 148 valence electrons. The lowest BCUT2D eigenvalue weighted by Gasteiger charge is -2.29. The second-order valence-electron chi connectivity index (χ2n) is 7.79. The van der Waals surface area contributed by atoms with Crippen molar-refractivity contribution in [2.45, 2.75) is 40.5 Å². The van der Waals surface area contributed by atoms with Gasteiger partial charge in [-0.3, -0.25) is 10.2 Å². The molecule has 0 aliphatic heterocycles. The van der Waals surface area contributed by atoms with Gasteiger partial charge in [0.15, 0.2) is 10.9 Å². The van der Waals surface area contributed by atoms with Crippen LogP contribution >= 0.6 is 12.2 Å². The molecular formula is C21H26N4O2S. The van der Waals surface area contributed by atoms with Crippen molar-refractivity contribution < 1.29 is 9.21 Å². The van der Waals surface area contributed by atoms with E-state index in [0.29, 0.717) is 12.3 Å². The molecule has 0 spiro atoms. The zero-order valence-electron chi connectivity index (χ0n) is 16.7. The molecule has 0 saturated carbocycles. The number of hydrazone groups is 1. The van der Waals surface area contributed by atoms with Gasteiger partial charge in [-0.1, -0.05) is 32.0 Å². The number of carbonyl (C=O) groups is 1. The molecule has 0 radical (unpaired) electrons. The van der Waals surface area contributed by atoms with Gasteiger partial charge in [0.1, 0.15) is 5.76 Å². The van der Waals surface area contributed by atoms with Crippen LogP contribution in [0.15, 0.2) is 39.9 Å². The van der Waals surface area contributed by atoms with Crippen molar-refractivity contribution in [3.05, 3.63) is 53.0 Å². The first-order valence-corrected chi connectivity index (χ1v) is 9.76. The molecule has 6 nitrogen and oxygen atoms in total. The van der Waals surface area contributed by atoms with Crippen molar-refractivity contribution >= 4 is 34.6 Å². The number of carbonyl (C=O) groups excluding carboxylic acids is 1. The number of hydrogen-bond acceptors (Lipinski definition) is 4. The average Bonchev–Trinajstić information content (AvgIpc) is 2.96.